The number of nitrogens with one attached hydrogen (secondary N) is 1. The first-order chi connectivity index (χ1) is 13.3. The zero-order chi connectivity index (χ0) is 20.0. The van der Waals surface area contributed by atoms with Crippen LogP contribution >= 0.6 is 0 Å². The number of nitrogens with zero attached hydrogens (tertiary/aromatic N) is 4. The summed E-state index contributed by atoms with van der Waals surface area (Å²) in [4.78, 5) is 40.8. The molecule has 2 amide bonds. The topological polar surface area (TPSA) is 126 Å². The molecule has 0 bridgehead atoms. The van der Waals surface area contributed by atoms with Gasteiger partial charge in [-0.2, -0.15) is 5.10 Å². The van der Waals surface area contributed by atoms with Crippen molar-refractivity contribution < 1.29 is 28.6 Å². The van der Waals surface area contributed by atoms with Gasteiger partial charge in [-0.25, -0.2) is 18.7 Å². The molecule has 0 unspecified atom stereocenters. The average Bonchev–Trinajstić information content (AvgIpc) is 3.06. The molecule has 1 aromatic carbocycles. The number of fused-ring (bicyclic) bond motifs is 2. The summed E-state index contributed by atoms with van der Waals surface area (Å²) < 4.78 is 19.9. The van der Waals surface area contributed by atoms with Crippen molar-refractivity contribution in [3.8, 4) is 5.75 Å². The Hall–Kier alpha value is -4.02. The van der Waals surface area contributed by atoms with E-state index in [0.717, 1.165) is 16.8 Å². The van der Waals surface area contributed by atoms with Crippen LogP contribution in [-0.4, -0.2) is 51.1 Å². The fourth-order valence-corrected chi connectivity index (χ4v) is 2.77. The quantitative estimate of drug-likeness (QED) is 0.693. The molecular weight excluding hydrogens is 373 g/mol. The minimum atomic E-state index is -1.39. The normalized spacial score (nSPS) is 12.9. The molecule has 0 aliphatic carbocycles. The van der Waals surface area contributed by atoms with Crippen LogP contribution in [0.15, 0.2) is 30.5 Å². The van der Waals surface area contributed by atoms with Gasteiger partial charge in [-0.3, -0.25) is 9.59 Å². The Labute approximate surface area is 156 Å². The summed E-state index contributed by atoms with van der Waals surface area (Å²) in [5.74, 6) is -2.78. The fourth-order valence-electron chi connectivity index (χ4n) is 2.77. The average molecular weight is 385 g/mol. The second-order valence-electron chi connectivity index (χ2n) is 5.94. The highest BCUT2D eigenvalue weighted by atomic mass is 19.1. The van der Waals surface area contributed by atoms with Gasteiger partial charge in [-0.05, 0) is 18.2 Å². The number of aromatic carboxylic acids is 1. The second-order valence-corrected chi connectivity index (χ2v) is 5.94. The highest BCUT2D eigenvalue weighted by Crippen LogP contribution is 2.32. The first kappa shape index (κ1) is 17.4. The summed E-state index contributed by atoms with van der Waals surface area (Å²) in [7, 11) is 1.44. The number of carbonyl (C=O) groups excluding carboxylic acids is 2. The van der Waals surface area contributed by atoms with Crippen LogP contribution < -0.4 is 15.0 Å². The zero-order valence-electron chi connectivity index (χ0n) is 14.3. The summed E-state index contributed by atoms with van der Waals surface area (Å²) in [6.07, 6.45) is 0.818. The molecule has 142 valence electrons. The lowest BCUT2D eigenvalue weighted by Gasteiger charge is -2.22. The highest BCUT2D eigenvalue weighted by molar-refractivity contribution is 6.06. The number of hydrogen-bond donors (Lipinski definition) is 2. The van der Waals surface area contributed by atoms with E-state index in [-0.39, 0.29) is 23.9 Å². The predicted molar refractivity (Wildman–Crippen MR) is 93.2 cm³/mol. The molecule has 0 spiro atoms. The summed E-state index contributed by atoms with van der Waals surface area (Å²) in [6, 6.07) is 5.72. The van der Waals surface area contributed by atoms with Crippen molar-refractivity contribution >= 4 is 34.8 Å². The van der Waals surface area contributed by atoms with E-state index in [4.69, 9.17) is 4.74 Å². The Bertz CT molecular complexity index is 1160. The minimum absolute atomic E-state index is 0.0973. The van der Waals surface area contributed by atoms with E-state index < -0.39 is 23.4 Å². The van der Waals surface area contributed by atoms with E-state index >= 15 is 0 Å². The van der Waals surface area contributed by atoms with E-state index in [1.165, 1.54) is 18.0 Å². The molecule has 0 fully saturated rings. The number of hydrogen-bond acceptors (Lipinski definition) is 6. The lowest BCUT2D eigenvalue weighted by molar-refractivity contribution is -0.118. The van der Waals surface area contributed by atoms with Gasteiger partial charge in [0.1, 0.15) is 11.4 Å². The van der Waals surface area contributed by atoms with Crippen LogP contribution in [0.1, 0.15) is 21.0 Å². The number of anilines is 2. The molecule has 1 aliphatic heterocycles. The van der Waals surface area contributed by atoms with Crippen LogP contribution in [0.25, 0.3) is 5.65 Å². The molecule has 11 heteroatoms. The van der Waals surface area contributed by atoms with Crippen molar-refractivity contribution in [1.82, 2.24) is 14.6 Å². The Morgan fingerprint density at radius 1 is 1.36 bits per heavy atom. The third-order valence-corrected chi connectivity index (χ3v) is 4.15. The molecule has 0 atom stereocenters. The number of carbonyl (C=O) groups is 3. The van der Waals surface area contributed by atoms with Crippen molar-refractivity contribution in [2.24, 2.45) is 0 Å². The molecule has 0 saturated carbocycles. The van der Waals surface area contributed by atoms with Gasteiger partial charge in [0.25, 0.3) is 11.8 Å². The van der Waals surface area contributed by atoms with Gasteiger partial charge in [-0.1, -0.05) is 0 Å². The van der Waals surface area contributed by atoms with Crippen molar-refractivity contribution in [3.05, 3.63) is 47.7 Å². The van der Waals surface area contributed by atoms with Gasteiger partial charge in [0.2, 0.25) is 0 Å². The van der Waals surface area contributed by atoms with Crippen LogP contribution in [0, 0.1) is 5.82 Å². The smallest absolute Gasteiger partial charge is 0.354 e. The van der Waals surface area contributed by atoms with E-state index in [2.05, 4.69) is 15.4 Å². The SMILES string of the molecule is CN(C(=O)c1cc(C(=O)O)n2ncc(F)c2n1)c1ccc2c(c1)NC(=O)CO2. The third kappa shape index (κ3) is 2.78. The molecule has 10 nitrogen and oxygen atoms in total. The number of amides is 2. The van der Waals surface area contributed by atoms with Crippen molar-refractivity contribution in [3.63, 3.8) is 0 Å². The van der Waals surface area contributed by atoms with Crippen molar-refractivity contribution in [2.45, 2.75) is 0 Å². The van der Waals surface area contributed by atoms with Gasteiger partial charge in [0.15, 0.2) is 23.8 Å². The maximum atomic E-state index is 13.9. The molecular formula is C17H12FN5O5. The minimum Gasteiger partial charge on any atom is -0.482 e. The van der Waals surface area contributed by atoms with Gasteiger partial charge in [0.05, 0.1) is 11.9 Å². The monoisotopic (exact) mass is 385 g/mol. The van der Waals surface area contributed by atoms with Crippen LogP contribution in [0.3, 0.4) is 0 Å². The summed E-state index contributed by atoms with van der Waals surface area (Å²) >= 11 is 0. The molecule has 28 heavy (non-hydrogen) atoms. The second kappa shape index (κ2) is 6.30. The van der Waals surface area contributed by atoms with Crippen molar-refractivity contribution in [1.29, 1.82) is 0 Å². The zero-order valence-corrected chi connectivity index (χ0v) is 14.3. The van der Waals surface area contributed by atoms with Crippen LogP contribution in [-0.2, 0) is 4.79 Å². The van der Waals surface area contributed by atoms with E-state index in [1.54, 1.807) is 12.1 Å². The molecule has 2 N–H and O–H groups in total. The maximum Gasteiger partial charge on any atom is 0.354 e. The summed E-state index contributed by atoms with van der Waals surface area (Å²) in [5, 5.41) is 15.6. The standard InChI is InChI=1S/C17H12FN5O5/c1-22(8-2-3-13-10(4-8)20-14(24)7-28-13)16(25)11-5-12(17(26)27)23-15(21-11)9(18)6-19-23/h2-6H,7H2,1H3,(H,20,24)(H,26,27). The molecule has 4 rings (SSSR count). The molecule has 1 aliphatic rings. The first-order valence-corrected chi connectivity index (χ1v) is 7.97. The number of carboxylic acids is 1. The lowest BCUT2D eigenvalue weighted by atomic mass is 10.2. The number of carboxylic acid groups (broad SMARTS) is 1. The number of rotatable bonds is 3. The first-order valence-electron chi connectivity index (χ1n) is 7.97. The van der Waals surface area contributed by atoms with Gasteiger partial charge >= 0.3 is 5.97 Å². The molecule has 0 saturated heterocycles. The molecule has 3 heterocycles. The van der Waals surface area contributed by atoms with Gasteiger partial charge < -0.3 is 20.1 Å². The van der Waals surface area contributed by atoms with E-state index in [1.807, 2.05) is 0 Å². The molecule has 0 radical (unpaired) electrons. The summed E-state index contributed by atoms with van der Waals surface area (Å²) in [6.45, 7) is -0.0973. The van der Waals surface area contributed by atoms with Crippen molar-refractivity contribution in [2.75, 3.05) is 23.9 Å². The van der Waals surface area contributed by atoms with Crippen LogP contribution in [0.4, 0.5) is 15.8 Å². The van der Waals surface area contributed by atoms with E-state index in [9.17, 15) is 23.9 Å². The highest BCUT2D eigenvalue weighted by Gasteiger charge is 2.23. The predicted octanol–water partition coefficient (Wildman–Crippen LogP) is 1.17. The number of halogens is 1. The Kier molecular flexibility index (Phi) is 3.91. The summed E-state index contributed by atoms with van der Waals surface area (Å²) in [5.41, 5.74) is -0.267. The number of benzene rings is 1. The van der Waals surface area contributed by atoms with Crippen LogP contribution in [0.2, 0.25) is 0 Å². The Morgan fingerprint density at radius 2 is 2.14 bits per heavy atom. The lowest BCUT2D eigenvalue weighted by Crippen LogP contribution is -2.29. The number of ether oxygens (including phenoxy) is 1. The van der Waals surface area contributed by atoms with Gasteiger partial charge in [0, 0.05) is 18.8 Å². The number of aromatic nitrogens is 3. The molecule has 2 aromatic heterocycles. The van der Waals surface area contributed by atoms with Gasteiger partial charge in [-0.15, -0.1) is 0 Å². The van der Waals surface area contributed by atoms with Crippen LogP contribution in [0.5, 0.6) is 5.75 Å². The fraction of sp³-hybridized carbons (Fsp3) is 0.118. The van der Waals surface area contributed by atoms with E-state index in [0.29, 0.717) is 17.1 Å². The maximum absolute atomic E-state index is 13.9. The molecule has 3 aromatic rings. The Morgan fingerprint density at radius 3 is 2.89 bits per heavy atom. The largest absolute Gasteiger partial charge is 0.482 e. The third-order valence-electron chi connectivity index (χ3n) is 4.15. The Balaban J connectivity index is 1.73.